The SMILES string of the molecule is CC(C)NC(C)(C(=O)O)c1cnccn1. The number of hydrogen-bond donors (Lipinski definition) is 2. The Morgan fingerprint density at radius 1 is 1.53 bits per heavy atom. The standard InChI is InChI=1S/C10H15N3O2/c1-7(2)13-10(3,9(14)15)8-6-11-4-5-12-8/h4-7,13H,1-3H3,(H,14,15). The topological polar surface area (TPSA) is 75.1 Å². The van der Waals surface area contributed by atoms with E-state index in [1.165, 1.54) is 18.6 Å². The molecule has 0 saturated carbocycles. The van der Waals surface area contributed by atoms with Gasteiger partial charge in [-0.1, -0.05) is 0 Å². The molecule has 1 atom stereocenters. The van der Waals surface area contributed by atoms with Crippen molar-refractivity contribution in [1.29, 1.82) is 0 Å². The average Bonchev–Trinajstić information content (AvgIpc) is 2.17. The Balaban J connectivity index is 3.07. The number of nitrogens with zero attached hydrogens (tertiary/aromatic N) is 2. The van der Waals surface area contributed by atoms with Crippen molar-refractivity contribution in [2.75, 3.05) is 0 Å². The summed E-state index contributed by atoms with van der Waals surface area (Å²) in [5, 5.41) is 12.2. The van der Waals surface area contributed by atoms with Crippen molar-refractivity contribution in [1.82, 2.24) is 15.3 Å². The summed E-state index contributed by atoms with van der Waals surface area (Å²) in [5.74, 6) is -0.961. The van der Waals surface area contributed by atoms with E-state index in [0.717, 1.165) is 0 Å². The number of carboxylic acid groups (broad SMARTS) is 1. The van der Waals surface area contributed by atoms with Gasteiger partial charge in [0.1, 0.15) is 0 Å². The van der Waals surface area contributed by atoms with Crippen molar-refractivity contribution < 1.29 is 9.90 Å². The highest BCUT2D eigenvalue weighted by atomic mass is 16.4. The Morgan fingerprint density at radius 2 is 2.20 bits per heavy atom. The molecule has 1 aromatic heterocycles. The first kappa shape index (κ1) is 11.6. The molecule has 0 saturated heterocycles. The fraction of sp³-hybridized carbons (Fsp3) is 0.500. The molecule has 0 amide bonds. The summed E-state index contributed by atoms with van der Waals surface area (Å²) < 4.78 is 0. The number of rotatable bonds is 4. The number of carbonyl (C=O) groups is 1. The number of hydrogen-bond acceptors (Lipinski definition) is 4. The van der Waals surface area contributed by atoms with Crippen LogP contribution >= 0.6 is 0 Å². The molecule has 2 N–H and O–H groups in total. The second-order valence-corrected chi connectivity index (χ2v) is 3.82. The second kappa shape index (κ2) is 4.35. The van der Waals surface area contributed by atoms with Gasteiger partial charge in [0.25, 0.3) is 0 Å². The van der Waals surface area contributed by atoms with E-state index in [1.54, 1.807) is 6.92 Å². The molecule has 0 aromatic carbocycles. The van der Waals surface area contributed by atoms with Crippen molar-refractivity contribution in [2.24, 2.45) is 0 Å². The van der Waals surface area contributed by atoms with Crippen LogP contribution < -0.4 is 5.32 Å². The summed E-state index contributed by atoms with van der Waals surface area (Å²) in [6.45, 7) is 5.36. The van der Waals surface area contributed by atoms with Crippen LogP contribution in [0.1, 0.15) is 26.5 Å². The Labute approximate surface area is 88.6 Å². The minimum Gasteiger partial charge on any atom is -0.480 e. The highest BCUT2D eigenvalue weighted by Gasteiger charge is 2.37. The van der Waals surface area contributed by atoms with Gasteiger partial charge in [0.2, 0.25) is 0 Å². The van der Waals surface area contributed by atoms with Gasteiger partial charge >= 0.3 is 5.97 Å². The van der Waals surface area contributed by atoms with Gasteiger partial charge in [-0.2, -0.15) is 0 Å². The lowest BCUT2D eigenvalue weighted by Crippen LogP contribution is -2.50. The zero-order valence-corrected chi connectivity index (χ0v) is 9.06. The van der Waals surface area contributed by atoms with Crippen LogP contribution in [0.15, 0.2) is 18.6 Å². The van der Waals surface area contributed by atoms with E-state index in [0.29, 0.717) is 5.69 Å². The molecule has 0 fully saturated rings. The molecule has 1 rings (SSSR count). The van der Waals surface area contributed by atoms with E-state index in [4.69, 9.17) is 0 Å². The Kier molecular flexibility index (Phi) is 3.36. The van der Waals surface area contributed by atoms with Crippen LogP contribution in [-0.4, -0.2) is 27.1 Å². The first-order valence-corrected chi connectivity index (χ1v) is 4.74. The maximum Gasteiger partial charge on any atom is 0.329 e. The molecular weight excluding hydrogens is 194 g/mol. The van der Waals surface area contributed by atoms with Gasteiger partial charge in [0, 0.05) is 18.4 Å². The van der Waals surface area contributed by atoms with Crippen LogP contribution in [0.3, 0.4) is 0 Å². The number of carboxylic acids is 1. The van der Waals surface area contributed by atoms with Crippen LogP contribution in [0, 0.1) is 0 Å². The van der Waals surface area contributed by atoms with Crippen LogP contribution in [-0.2, 0) is 10.3 Å². The lowest BCUT2D eigenvalue weighted by atomic mass is 9.97. The molecule has 5 nitrogen and oxygen atoms in total. The Hall–Kier alpha value is -1.49. The van der Waals surface area contributed by atoms with Gasteiger partial charge in [-0.25, -0.2) is 4.79 Å². The minimum absolute atomic E-state index is 0.0492. The van der Waals surface area contributed by atoms with Gasteiger partial charge in [0.05, 0.1) is 11.9 Å². The largest absolute Gasteiger partial charge is 0.480 e. The molecule has 82 valence electrons. The normalized spacial score (nSPS) is 14.9. The average molecular weight is 209 g/mol. The van der Waals surface area contributed by atoms with Gasteiger partial charge in [-0.15, -0.1) is 0 Å². The van der Waals surface area contributed by atoms with Crippen LogP contribution in [0.5, 0.6) is 0 Å². The van der Waals surface area contributed by atoms with Crippen LogP contribution in [0.4, 0.5) is 0 Å². The zero-order chi connectivity index (χ0) is 11.5. The number of aliphatic carboxylic acids is 1. The molecular formula is C10H15N3O2. The van der Waals surface area contributed by atoms with Crippen molar-refractivity contribution in [3.05, 3.63) is 24.3 Å². The van der Waals surface area contributed by atoms with Gasteiger partial charge < -0.3 is 5.11 Å². The summed E-state index contributed by atoms with van der Waals surface area (Å²) in [7, 11) is 0. The number of nitrogens with one attached hydrogen (secondary N) is 1. The van der Waals surface area contributed by atoms with E-state index in [2.05, 4.69) is 15.3 Å². The fourth-order valence-corrected chi connectivity index (χ4v) is 1.38. The van der Waals surface area contributed by atoms with Crippen LogP contribution in [0.2, 0.25) is 0 Å². The van der Waals surface area contributed by atoms with E-state index in [9.17, 15) is 9.90 Å². The van der Waals surface area contributed by atoms with Gasteiger partial charge in [0.15, 0.2) is 5.54 Å². The minimum atomic E-state index is -1.19. The van der Waals surface area contributed by atoms with E-state index < -0.39 is 11.5 Å². The first-order valence-electron chi connectivity index (χ1n) is 4.74. The smallest absolute Gasteiger partial charge is 0.329 e. The summed E-state index contributed by atoms with van der Waals surface area (Å²) in [6, 6.07) is 0.0492. The maximum atomic E-state index is 11.2. The summed E-state index contributed by atoms with van der Waals surface area (Å²) in [6.07, 6.45) is 4.46. The fourth-order valence-electron chi connectivity index (χ4n) is 1.38. The Bertz CT molecular complexity index is 340. The first-order chi connectivity index (χ1) is 6.97. The Morgan fingerprint density at radius 3 is 2.60 bits per heavy atom. The monoisotopic (exact) mass is 209 g/mol. The molecule has 1 heterocycles. The van der Waals surface area contributed by atoms with Crippen molar-refractivity contribution in [3.63, 3.8) is 0 Å². The lowest BCUT2D eigenvalue weighted by molar-refractivity contribution is -0.145. The van der Waals surface area contributed by atoms with Crippen molar-refractivity contribution in [3.8, 4) is 0 Å². The maximum absolute atomic E-state index is 11.2. The third kappa shape index (κ3) is 2.50. The molecule has 0 bridgehead atoms. The van der Waals surface area contributed by atoms with E-state index in [-0.39, 0.29) is 6.04 Å². The van der Waals surface area contributed by atoms with Crippen molar-refractivity contribution >= 4 is 5.97 Å². The molecule has 1 unspecified atom stereocenters. The molecule has 15 heavy (non-hydrogen) atoms. The molecule has 0 aliphatic carbocycles. The number of aromatic nitrogens is 2. The van der Waals surface area contributed by atoms with Crippen molar-refractivity contribution in [2.45, 2.75) is 32.4 Å². The third-order valence-corrected chi connectivity index (χ3v) is 2.08. The zero-order valence-electron chi connectivity index (χ0n) is 9.06. The molecule has 5 heteroatoms. The second-order valence-electron chi connectivity index (χ2n) is 3.82. The van der Waals surface area contributed by atoms with Gasteiger partial charge in [-0.05, 0) is 20.8 Å². The summed E-state index contributed by atoms with van der Waals surface area (Å²) in [5.41, 5.74) is -0.784. The summed E-state index contributed by atoms with van der Waals surface area (Å²) >= 11 is 0. The predicted octanol–water partition coefficient (Wildman–Crippen LogP) is 0.774. The van der Waals surface area contributed by atoms with Crippen LogP contribution in [0.25, 0.3) is 0 Å². The van der Waals surface area contributed by atoms with E-state index in [1.807, 2.05) is 13.8 Å². The highest BCUT2D eigenvalue weighted by molar-refractivity contribution is 5.79. The predicted molar refractivity (Wildman–Crippen MR) is 55.3 cm³/mol. The molecule has 0 radical (unpaired) electrons. The lowest BCUT2D eigenvalue weighted by Gasteiger charge is -2.27. The molecule has 1 aromatic rings. The summed E-state index contributed by atoms with van der Waals surface area (Å²) in [4.78, 5) is 19.1. The quantitative estimate of drug-likeness (QED) is 0.766. The molecule has 0 spiro atoms. The molecule has 0 aliphatic heterocycles. The third-order valence-electron chi connectivity index (χ3n) is 2.08. The van der Waals surface area contributed by atoms with E-state index >= 15 is 0 Å². The highest BCUT2D eigenvalue weighted by Crippen LogP contribution is 2.18. The molecule has 0 aliphatic rings. The van der Waals surface area contributed by atoms with Gasteiger partial charge in [-0.3, -0.25) is 15.3 Å².